The Morgan fingerprint density at radius 2 is 1.60 bits per heavy atom. The van der Waals surface area contributed by atoms with Crippen LogP contribution in [0.25, 0.3) is 0 Å². The summed E-state index contributed by atoms with van der Waals surface area (Å²) in [4.78, 5) is 28.0. The number of Topliss-reactive ketones (excluding diaryl/α,β-unsaturated/α-hetero) is 1. The maximum Gasteiger partial charge on any atom is 0.254 e. The zero-order chi connectivity index (χ0) is 30.7. The molecule has 3 N–H and O–H groups in total. The molecule has 0 bridgehead atoms. The lowest BCUT2D eigenvalue weighted by molar-refractivity contribution is -0.116. The van der Waals surface area contributed by atoms with Gasteiger partial charge in [0.25, 0.3) is 5.91 Å². The smallest absolute Gasteiger partial charge is 0.254 e. The molecular weight excluding hydrogens is 548 g/mol. The minimum Gasteiger partial charge on any atom is -0.504 e. The van der Waals surface area contributed by atoms with Gasteiger partial charge in [-0.3, -0.25) is 9.59 Å². The highest BCUT2D eigenvalue weighted by molar-refractivity contribution is 6.10. The van der Waals surface area contributed by atoms with Crippen LogP contribution in [0.1, 0.15) is 49.7 Å². The molecule has 1 amide bonds. The Balaban J connectivity index is 1.56. The third kappa shape index (κ3) is 5.88. The van der Waals surface area contributed by atoms with Crippen molar-refractivity contribution in [2.45, 2.75) is 38.5 Å². The van der Waals surface area contributed by atoms with Gasteiger partial charge in [0.15, 0.2) is 28.8 Å². The van der Waals surface area contributed by atoms with Crippen molar-refractivity contribution in [2.24, 2.45) is 0 Å². The van der Waals surface area contributed by atoms with Gasteiger partial charge < -0.3 is 34.7 Å². The first-order valence-corrected chi connectivity index (χ1v) is 14.1. The Hall–Kier alpha value is -4.92. The van der Waals surface area contributed by atoms with Crippen molar-refractivity contribution in [3.8, 4) is 28.7 Å². The largest absolute Gasteiger partial charge is 0.504 e. The van der Waals surface area contributed by atoms with Crippen molar-refractivity contribution in [1.29, 1.82) is 0 Å². The zero-order valence-electron chi connectivity index (χ0n) is 24.9. The molecule has 3 aromatic carbocycles. The quantitative estimate of drug-likeness (QED) is 0.288. The molecule has 1 aliphatic heterocycles. The summed E-state index contributed by atoms with van der Waals surface area (Å²) in [6.07, 6.45) is 0.823. The second kappa shape index (κ2) is 12.5. The fourth-order valence-electron chi connectivity index (χ4n) is 5.87. The SMILES string of the molecule is CCOc1cc([C@@H]2C(C(=O)Nc3ccc(OC)cc3)=C(C)NC3=C2C(=O)C[C@@H](c2ccc(OC)c(OC)c2)C3)ccc1O. The minimum absolute atomic E-state index is 0.0119. The van der Waals surface area contributed by atoms with Gasteiger partial charge in [-0.15, -0.1) is 0 Å². The molecule has 0 radical (unpaired) electrons. The number of anilines is 1. The highest BCUT2D eigenvalue weighted by Crippen LogP contribution is 2.47. The van der Waals surface area contributed by atoms with Crippen LogP contribution in [0.5, 0.6) is 28.7 Å². The molecule has 1 aliphatic carbocycles. The Kier molecular flexibility index (Phi) is 8.61. The van der Waals surface area contributed by atoms with E-state index in [1.807, 2.05) is 32.0 Å². The van der Waals surface area contributed by atoms with Gasteiger partial charge in [-0.1, -0.05) is 12.1 Å². The summed E-state index contributed by atoms with van der Waals surface area (Å²) >= 11 is 0. The van der Waals surface area contributed by atoms with Crippen molar-refractivity contribution in [3.63, 3.8) is 0 Å². The van der Waals surface area contributed by atoms with Gasteiger partial charge in [0.05, 0.1) is 27.9 Å². The third-order valence-corrected chi connectivity index (χ3v) is 7.92. The van der Waals surface area contributed by atoms with E-state index in [0.717, 1.165) is 11.3 Å². The molecule has 0 saturated carbocycles. The number of carbonyl (C=O) groups excluding carboxylic acids is 2. The molecule has 2 aliphatic rings. The minimum atomic E-state index is -0.673. The molecule has 0 saturated heterocycles. The van der Waals surface area contributed by atoms with Crippen molar-refractivity contribution in [1.82, 2.24) is 5.32 Å². The highest BCUT2D eigenvalue weighted by Gasteiger charge is 2.41. The van der Waals surface area contributed by atoms with Crippen LogP contribution in [0.2, 0.25) is 0 Å². The van der Waals surface area contributed by atoms with E-state index in [4.69, 9.17) is 18.9 Å². The van der Waals surface area contributed by atoms with Crippen molar-refractivity contribution in [2.75, 3.05) is 33.3 Å². The number of hydrogen-bond acceptors (Lipinski definition) is 8. The third-order valence-electron chi connectivity index (χ3n) is 7.92. The van der Waals surface area contributed by atoms with Gasteiger partial charge in [-0.2, -0.15) is 0 Å². The molecule has 0 fully saturated rings. The highest BCUT2D eigenvalue weighted by atomic mass is 16.5. The average Bonchev–Trinajstić information content (AvgIpc) is 3.01. The summed E-state index contributed by atoms with van der Waals surface area (Å²) in [5.41, 5.74) is 4.59. The van der Waals surface area contributed by atoms with E-state index in [-0.39, 0.29) is 29.8 Å². The molecule has 2 atom stereocenters. The zero-order valence-corrected chi connectivity index (χ0v) is 24.9. The number of aromatic hydroxyl groups is 1. The molecule has 3 aromatic rings. The number of carbonyl (C=O) groups is 2. The van der Waals surface area contributed by atoms with Gasteiger partial charge in [-0.05, 0) is 85.8 Å². The van der Waals surface area contributed by atoms with Crippen molar-refractivity contribution >= 4 is 17.4 Å². The van der Waals surface area contributed by atoms with Crippen LogP contribution in [-0.2, 0) is 9.59 Å². The molecule has 43 heavy (non-hydrogen) atoms. The van der Waals surface area contributed by atoms with Crippen LogP contribution in [0.15, 0.2) is 83.2 Å². The number of hydrogen-bond donors (Lipinski definition) is 3. The number of ketones is 1. The number of ether oxygens (including phenoxy) is 4. The van der Waals surface area contributed by atoms with Crippen LogP contribution in [0, 0.1) is 0 Å². The fraction of sp³-hybridized carbons (Fsp3) is 0.294. The molecule has 9 heteroatoms. The first kappa shape index (κ1) is 29.6. The number of phenolic OH excluding ortho intramolecular Hbond substituents is 1. The molecule has 1 heterocycles. The lowest BCUT2D eigenvalue weighted by Crippen LogP contribution is -2.37. The molecular formula is C34H36N2O7. The number of methoxy groups -OCH3 is 3. The van der Waals surface area contributed by atoms with Gasteiger partial charge in [0.1, 0.15) is 5.75 Å². The normalized spacial score (nSPS) is 18.0. The summed E-state index contributed by atoms with van der Waals surface area (Å²) in [6.45, 7) is 4.02. The monoisotopic (exact) mass is 584 g/mol. The first-order valence-electron chi connectivity index (χ1n) is 14.1. The molecule has 9 nitrogen and oxygen atoms in total. The van der Waals surface area contributed by atoms with Crippen LogP contribution in [-0.4, -0.2) is 44.7 Å². The van der Waals surface area contributed by atoms with Crippen LogP contribution in [0.3, 0.4) is 0 Å². The number of allylic oxidation sites excluding steroid dienone is 3. The van der Waals surface area contributed by atoms with Crippen molar-refractivity contribution in [3.05, 3.63) is 94.3 Å². The summed E-state index contributed by atoms with van der Waals surface area (Å²) in [6, 6.07) is 17.7. The summed E-state index contributed by atoms with van der Waals surface area (Å²) < 4.78 is 21.8. The lowest BCUT2D eigenvalue weighted by atomic mass is 9.71. The van der Waals surface area contributed by atoms with E-state index in [0.29, 0.717) is 64.1 Å². The molecule has 0 spiro atoms. The maximum absolute atomic E-state index is 14.1. The Morgan fingerprint density at radius 3 is 2.28 bits per heavy atom. The van der Waals surface area contributed by atoms with Crippen LogP contribution >= 0.6 is 0 Å². The standard InChI is InChI=1S/C34H36N2O7/c1-6-43-29-18-21(7-13-26(29)37)32-31(34(39)36-23-9-11-24(40-3)12-10-23)19(2)35-25-15-22(16-27(38)33(25)32)20-8-14-28(41-4)30(17-20)42-5/h7-14,17-18,22,32,35,37H,6,15-16H2,1-5H3,(H,36,39)/t22-,32+/m0/s1. The number of amides is 1. The van der Waals surface area contributed by atoms with E-state index in [9.17, 15) is 14.7 Å². The van der Waals surface area contributed by atoms with Crippen LogP contribution in [0.4, 0.5) is 5.69 Å². The van der Waals surface area contributed by atoms with E-state index < -0.39 is 5.92 Å². The Labute approximate surface area is 251 Å². The average molecular weight is 585 g/mol. The second-order valence-corrected chi connectivity index (χ2v) is 10.5. The second-order valence-electron chi connectivity index (χ2n) is 10.5. The van der Waals surface area contributed by atoms with Gasteiger partial charge in [0.2, 0.25) is 0 Å². The topological polar surface area (TPSA) is 115 Å². The molecule has 0 aromatic heterocycles. The van der Waals surface area contributed by atoms with E-state index in [1.54, 1.807) is 57.7 Å². The summed E-state index contributed by atoms with van der Waals surface area (Å²) in [7, 11) is 4.75. The summed E-state index contributed by atoms with van der Waals surface area (Å²) in [5, 5.41) is 16.8. The number of nitrogens with one attached hydrogen (secondary N) is 2. The van der Waals surface area contributed by atoms with Gasteiger partial charge in [0, 0.05) is 40.6 Å². The van der Waals surface area contributed by atoms with E-state index >= 15 is 0 Å². The predicted molar refractivity (Wildman–Crippen MR) is 163 cm³/mol. The van der Waals surface area contributed by atoms with Crippen LogP contribution < -0.4 is 29.6 Å². The van der Waals surface area contributed by atoms with Gasteiger partial charge in [-0.25, -0.2) is 0 Å². The van der Waals surface area contributed by atoms with Gasteiger partial charge >= 0.3 is 0 Å². The van der Waals surface area contributed by atoms with Crippen molar-refractivity contribution < 1.29 is 33.6 Å². The molecule has 224 valence electrons. The lowest BCUT2D eigenvalue weighted by Gasteiger charge is -2.37. The number of dihydropyridines is 1. The first-order chi connectivity index (χ1) is 20.8. The maximum atomic E-state index is 14.1. The van der Waals surface area contributed by atoms with E-state index in [2.05, 4.69) is 10.6 Å². The molecule has 5 rings (SSSR count). The Bertz CT molecular complexity index is 1610. The van der Waals surface area contributed by atoms with E-state index in [1.165, 1.54) is 6.07 Å². The Morgan fingerprint density at radius 1 is 0.907 bits per heavy atom. The molecule has 0 unspecified atom stereocenters. The number of benzene rings is 3. The number of phenols is 1. The fourth-order valence-corrected chi connectivity index (χ4v) is 5.87. The summed E-state index contributed by atoms with van der Waals surface area (Å²) in [5.74, 6) is 0.996. The number of rotatable bonds is 9. The predicted octanol–water partition coefficient (Wildman–Crippen LogP) is 5.82.